The first-order chi connectivity index (χ1) is 7.28. The summed E-state index contributed by atoms with van der Waals surface area (Å²) >= 11 is 1.77. The minimum atomic E-state index is 0.454. The van der Waals surface area contributed by atoms with E-state index in [-0.39, 0.29) is 0 Å². The van der Waals surface area contributed by atoms with Crippen molar-refractivity contribution in [1.82, 2.24) is 0 Å². The summed E-state index contributed by atoms with van der Waals surface area (Å²) in [6.07, 6.45) is 4.45. The zero-order valence-electron chi connectivity index (χ0n) is 9.07. The van der Waals surface area contributed by atoms with E-state index >= 15 is 0 Å². The van der Waals surface area contributed by atoms with E-state index in [9.17, 15) is 0 Å². The smallest absolute Gasteiger partial charge is 0.0341 e. The second-order valence-corrected chi connectivity index (χ2v) is 5.09. The molecule has 0 amide bonds. The maximum absolute atomic E-state index is 5.75. The molecule has 2 rings (SSSR count). The summed E-state index contributed by atoms with van der Waals surface area (Å²) in [5.41, 5.74) is 6.96. The van der Waals surface area contributed by atoms with Crippen LogP contribution in [0.3, 0.4) is 0 Å². The van der Waals surface area contributed by atoms with E-state index < -0.39 is 0 Å². The van der Waals surface area contributed by atoms with Crippen LogP contribution in [-0.2, 0) is 0 Å². The zero-order chi connectivity index (χ0) is 10.7. The first-order valence-corrected chi connectivity index (χ1v) is 6.64. The third kappa shape index (κ3) is 2.89. The van der Waals surface area contributed by atoms with Crippen molar-refractivity contribution in [3.8, 4) is 0 Å². The maximum Gasteiger partial charge on any atom is 0.0341 e. The van der Waals surface area contributed by atoms with Crippen LogP contribution >= 0.6 is 11.8 Å². The number of nitrogens with two attached hydrogens (primary N) is 1. The lowest BCUT2D eigenvalue weighted by atomic mass is 9.81. The van der Waals surface area contributed by atoms with Gasteiger partial charge >= 0.3 is 0 Å². The van der Waals surface area contributed by atoms with Crippen LogP contribution in [0.2, 0.25) is 0 Å². The largest absolute Gasteiger partial charge is 0.385 e. The normalized spacial score (nSPS) is 24.7. The van der Waals surface area contributed by atoms with Gasteiger partial charge in [-0.05, 0) is 49.3 Å². The van der Waals surface area contributed by atoms with E-state index in [0.29, 0.717) is 6.04 Å². The molecular formula is C12H18N2S. The fraction of sp³-hybridized carbons (Fsp3) is 0.500. The van der Waals surface area contributed by atoms with E-state index in [2.05, 4.69) is 35.8 Å². The van der Waals surface area contributed by atoms with Crippen molar-refractivity contribution >= 4 is 17.4 Å². The Balaban J connectivity index is 1.78. The Morgan fingerprint density at radius 2 is 2.00 bits per heavy atom. The SMILES string of the molecule is CSc1ccc(NCC2CC(N)C2)cc1. The lowest BCUT2D eigenvalue weighted by Crippen LogP contribution is -2.39. The number of anilines is 1. The van der Waals surface area contributed by atoms with E-state index in [0.717, 1.165) is 12.5 Å². The summed E-state index contributed by atoms with van der Waals surface area (Å²) in [4.78, 5) is 1.31. The number of thioether (sulfide) groups is 1. The van der Waals surface area contributed by atoms with E-state index in [4.69, 9.17) is 5.73 Å². The van der Waals surface area contributed by atoms with Gasteiger partial charge in [0.15, 0.2) is 0 Å². The third-order valence-corrected chi connectivity index (χ3v) is 3.70. The third-order valence-electron chi connectivity index (χ3n) is 2.96. The van der Waals surface area contributed by atoms with Crippen molar-refractivity contribution in [2.45, 2.75) is 23.8 Å². The summed E-state index contributed by atoms with van der Waals surface area (Å²) < 4.78 is 0. The Bertz CT molecular complexity index is 304. The molecule has 0 unspecified atom stereocenters. The molecule has 1 aliphatic carbocycles. The molecule has 0 atom stereocenters. The van der Waals surface area contributed by atoms with Crippen LogP contribution in [0.5, 0.6) is 0 Å². The zero-order valence-corrected chi connectivity index (χ0v) is 9.89. The fourth-order valence-corrected chi connectivity index (χ4v) is 2.33. The first kappa shape index (κ1) is 10.8. The molecule has 0 aromatic heterocycles. The van der Waals surface area contributed by atoms with Crippen LogP contribution in [-0.4, -0.2) is 18.8 Å². The summed E-state index contributed by atoms with van der Waals surface area (Å²) in [6.45, 7) is 1.06. The second-order valence-electron chi connectivity index (χ2n) is 4.21. The van der Waals surface area contributed by atoms with E-state index in [1.54, 1.807) is 11.8 Å². The number of benzene rings is 1. The van der Waals surface area contributed by atoms with Gasteiger partial charge in [-0.2, -0.15) is 0 Å². The molecular weight excluding hydrogens is 204 g/mol. The van der Waals surface area contributed by atoms with Crippen molar-refractivity contribution < 1.29 is 0 Å². The molecule has 0 heterocycles. The van der Waals surface area contributed by atoms with Gasteiger partial charge in [0.05, 0.1) is 0 Å². The first-order valence-electron chi connectivity index (χ1n) is 5.41. The van der Waals surface area contributed by atoms with Gasteiger partial charge in [0, 0.05) is 23.2 Å². The Morgan fingerprint density at radius 1 is 1.33 bits per heavy atom. The molecule has 2 nitrogen and oxygen atoms in total. The molecule has 3 N–H and O–H groups in total. The number of nitrogens with one attached hydrogen (secondary N) is 1. The summed E-state index contributed by atoms with van der Waals surface area (Å²) in [5.74, 6) is 0.778. The molecule has 1 aromatic rings. The maximum atomic E-state index is 5.75. The van der Waals surface area contributed by atoms with Crippen molar-refractivity contribution in [1.29, 1.82) is 0 Å². The van der Waals surface area contributed by atoms with Crippen LogP contribution in [0.15, 0.2) is 29.2 Å². The van der Waals surface area contributed by atoms with E-state index in [1.807, 2.05) is 0 Å². The predicted molar refractivity (Wildman–Crippen MR) is 67.4 cm³/mol. The monoisotopic (exact) mass is 222 g/mol. The summed E-state index contributed by atoms with van der Waals surface area (Å²) in [7, 11) is 0. The second kappa shape index (κ2) is 4.90. The minimum absolute atomic E-state index is 0.454. The van der Waals surface area contributed by atoms with Crippen molar-refractivity contribution in [3.63, 3.8) is 0 Å². The lowest BCUT2D eigenvalue weighted by Gasteiger charge is -2.32. The Hall–Kier alpha value is -0.670. The van der Waals surface area contributed by atoms with Gasteiger partial charge in [-0.1, -0.05) is 0 Å². The molecule has 0 radical (unpaired) electrons. The molecule has 3 heteroatoms. The quantitative estimate of drug-likeness (QED) is 0.769. The lowest BCUT2D eigenvalue weighted by molar-refractivity contribution is 0.280. The van der Waals surface area contributed by atoms with E-state index in [1.165, 1.54) is 23.4 Å². The highest BCUT2D eigenvalue weighted by molar-refractivity contribution is 7.98. The van der Waals surface area contributed by atoms with Crippen LogP contribution in [0.1, 0.15) is 12.8 Å². The van der Waals surface area contributed by atoms with Gasteiger partial charge in [-0.25, -0.2) is 0 Å². The molecule has 1 saturated carbocycles. The average Bonchev–Trinajstić information content (AvgIpc) is 2.23. The number of rotatable bonds is 4. The van der Waals surface area contributed by atoms with Gasteiger partial charge < -0.3 is 11.1 Å². The predicted octanol–water partition coefficient (Wildman–Crippen LogP) is 2.56. The van der Waals surface area contributed by atoms with Crippen LogP contribution in [0, 0.1) is 5.92 Å². The summed E-state index contributed by atoms with van der Waals surface area (Å²) in [6, 6.07) is 9.05. The van der Waals surface area contributed by atoms with Crippen LogP contribution < -0.4 is 11.1 Å². The summed E-state index contributed by atoms with van der Waals surface area (Å²) in [5, 5.41) is 3.45. The highest BCUT2D eigenvalue weighted by Crippen LogP contribution is 2.26. The molecule has 0 aliphatic heterocycles. The minimum Gasteiger partial charge on any atom is -0.385 e. The number of hydrogen-bond donors (Lipinski definition) is 2. The van der Waals surface area contributed by atoms with Crippen LogP contribution in [0.25, 0.3) is 0 Å². The molecule has 1 fully saturated rings. The molecule has 15 heavy (non-hydrogen) atoms. The standard InChI is InChI=1S/C12H18N2S/c1-15-12-4-2-11(3-5-12)14-8-9-6-10(13)7-9/h2-5,9-10,14H,6-8,13H2,1H3. The number of hydrogen-bond acceptors (Lipinski definition) is 3. The van der Waals surface area contributed by atoms with Gasteiger partial charge in [0.2, 0.25) is 0 Å². The van der Waals surface area contributed by atoms with Crippen molar-refractivity contribution in [2.24, 2.45) is 11.7 Å². The van der Waals surface area contributed by atoms with Gasteiger partial charge in [-0.15, -0.1) is 11.8 Å². The van der Waals surface area contributed by atoms with Gasteiger partial charge in [-0.3, -0.25) is 0 Å². The Kier molecular flexibility index (Phi) is 3.54. The molecule has 0 spiro atoms. The highest BCUT2D eigenvalue weighted by atomic mass is 32.2. The van der Waals surface area contributed by atoms with Gasteiger partial charge in [0.25, 0.3) is 0 Å². The van der Waals surface area contributed by atoms with Gasteiger partial charge in [0.1, 0.15) is 0 Å². The molecule has 1 aromatic carbocycles. The van der Waals surface area contributed by atoms with Crippen molar-refractivity contribution in [2.75, 3.05) is 18.1 Å². The molecule has 0 bridgehead atoms. The van der Waals surface area contributed by atoms with Crippen LogP contribution in [0.4, 0.5) is 5.69 Å². The Labute approximate surface area is 95.6 Å². The Morgan fingerprint density at radius 3 is 2.53 bits per heavy atom. The fourth-order valence-electron chi connectivity index (χ4n) is 1.92. The van der Waals surface area contributed by atoms with Crippen molar-refractivity contribution in [3.05, 3.63) is 24.3 Å². The average molecular weight is 222 g/mol. The molecule has 0 saturated heterocycles. The topological polar surface area (TPSA) is 38.0 Å². The molecule has 82 valence electrons. The highest BCUT2D eigenvalue weighted by Gasteiger charge is 2.25. The molecule has 1 aliphatic rings.